The molecule has 0 aliphatic carbocycles. The van der Waals surface area contributed by atoms with E-state index in [1.807, 2.05) is 12.1 Å². The summed E-state index contributed by atoms with van der Waals surface area (Å²) >= 11 is 0. The number of halogens is 2. The number of hydrogen-bond donors (Lipinski definition) is 2. The number of pyridine rings is 1. The number of rotatable bonds is 3. The van der Waals surface area contributed by atoms with Gasteiger partial charge in [-0.3, -0.25) is 19.8 Å². The maximum absolute atomic E-state index is 17.0. The van der Waals surface area contributed by atoms with E-state index in [-0.39, 0.29) is 35.3 Å². The lowest BCUT2D eigenvalue weighted by Crippen LogP contribution is -2.43. The molecule has 10 nitrogen and oxygen atoms in total. The van der Waals surface area contributed by atoms with Gasteiger partial charge in [0, 0.05) is 56.2 Å². The molecule has 6 bridgehead atoms. The number of ether oxygens (including phenoxy) is 1. The molecule has 12 heteroatoms. The van der Waals surface area contributed by atoms with Crippen LogP contribution in [0.2, 0.25) is 0 Å². The van der Waals surface area contributed by atoms with Crippen LogP contribution in [0.3, 0.4) is 0 Å². The van der Waals surface area contributed by atoms with E-state index in [2.05, 4.69) is 25.3 Å². The Morgan fingerprint density at radius 1 is 1.02 bits per heavy atom. The number of nitrogens with one attached hydrogen (secondary N) is 2. The summed E-state index contributed by atoms with van der Waals surface area (Å²) in [4.78, 5) is 31.3. The lowest BCUT2D eigenvalue weighted by molar-refractivity contribution is -0.121. The van der Waals surface area contributed by atoms with Crippen LogP contribution in [0.1, 0.15) is 63.4 Å². The Balaban J connectivity index is 1.25. The molecule has 0 saturated carbocycles. The van der Waals surface area contributed by atoms with Crippen LogP contribution in [0.25, 0.3) is 33.1 Å². The zero-order valence-corrected chi connectivity index (χ0v) is 26.0. The van der Waals surface area contributed by atoms with E-state index in [1.54, 1.807) is 12.4 Å². The summed E-state index contributed by atoms with van der Waals surface area (Å²) in [5.41, 5.74) is 2.40. The number of benzene rings is 1. The van der Waals surface area contributed by atoms with Gasteiger partial charge in [0.1, 0.15) is 29.8 Å². The van der Waals surface area contributed by atoms with E-state index in [9.17, 15) is 9.18 Å². The molecule has 0 spiro atoms. The number of piperidine rings is 1. The number of carbonyl (C=O) groups is 1. The molecular formula is C34H40F2N8O2. The SMILES string of the molecule is O=C1CCCCc2ccc3[nH]ncc3c2-c2ncc3c(nc(OCC45CCCN4CC(F)C5)nc3c2F)N2CCCC(CCN1)C2. The van der Waals surface area contributed by atoms with Crippen LogP contribution in [0.15, 0.2) is 24.5 Å². The van der Waals surface area contributed by atoms with E-state index < -0.39 is 12.0 Å². The first-order valence-corrected chi connectivity index (χ1v) is 16.8. The number of aromatic amines is 1. The van der Waals surface area contributed by atoms with Crippen molar-refractivity contribution >= 4 is 33.5 Å². The first kappa shape index (κ1) is 29.5. The fourth-order valence-corrected chi connectivity index (χ4v) is 8.30. The van der Waals surface area contributed by atoms with Crippen molar-refractivity contribution in [2.45, 2.75) is 75.9 Å². The molecule has 3 saturated heterocycles. The molecule has 2 N–H and O–H groups in total. The van der Waals surface area contributed by atoms with Gasteiger partial charge < -0.3 is 15.0 Å². The Bertz CT molecular complexity index is 1780. The molecule has 3 aromatic heterocycles. The fourth-order valence-electron chi connectivity index (χ4n) is 8.30. The summed E-state index contributed by atoms with van der Waals surface area (Å²) in [5, 5.41) is 11.7. The van der Waals surface area contributed by atoms with Crippen molar-refractivity contribution in [3.8, 4) is 17.3 Å². The summed E-state index contributed by atoms with van der Waals surface area (Å²) in [5.74, 6) is 0.500. The topological polar surface area (TPSA) is 112 Å². The number of carbonyl (C=O) groups excluding carboxylic acids is 1. The highest BCUT2D eigenvalue weighted by atomic mass is 19.1. The molecule has 4 aromatic rings. The zero-order valence-electron chi connectivity index (χ0n) is 26.0. The van der Waals surface area contributed by atoms with Crippen LogP contribution < -0.4 is 15.0 Å². The second-order valence-corrected chi connectivity index (χ2v) is 13.6. The minimum atomic E-state index is -0.877. The van der Waals surface area contributed by atoms with Gasteiger partial charge in [0.25, 0.3) is 0 Å². The van der Waals surface area contributed by atoms with Crippen molar-refractivity contribution in [1.29, 1.82) is 0 Å². The highest BCUT2D eigenvalue weighted by Gasteiger charge is 2.49. The van der Waals surface area contributed by atoms with Crippen molar-refractivity contribution in [3.05, 3.63) is 35.9 Å². The predicted octanol–water partition coefficient (Wildman–Crippen LogP) is 5.11. The van der Waals surface area contributed by atoms with E-state index in [0.717, 1.165) is 81.0 Å². The number of amides is 1. The number of aryl methyl sites for hydroxylation is 1. The van der Waals surface area contributed by atoms with Crippen molar-refractivity contribution < 1.29 is 18.3 Å². The maximum atomic E-state index is 17.0. The minimum absolute atomic E-state index is 0.0720. The highest BCUT2D eigenvalue weighted by molar-refractivity contribution is 5.99. The summed E-state index contributed by atoms with van der Waals surface area (Å²) < 4.78 is 37.8. The third-order valence-corrected chi connectivity index (χ3v) is 10.6. The zero-order chi connectivity index (χ0) is 31.3. The summed E-state index contributed by atoms with van der Waals surface area (Å²) in [6, 6.07) is 4.04. The molecule has 3 atom stereocenters. The molecule has 3 unspecified atom stereocenters. The van der Waals surface area contributed by atoms with Crippen molar-refractivity contribution in [3.63, 3.8) is 0 Å². The van der Waals surface area contributed by atoms with Gasteiger partial charge in [0.2, 0.25) is 5.91 Å². The highest BCUT2D eigenvalue weighted by Crippen LogP contribution is 2.41. The van der Waals surface area contributed by atoms with Gasteiger partial charge >= 0.3 is 6.01 Å². The monoisotopic (exact) mass is 630 g/mol. The number of aromatic nitrogens is 5. The maximum Gasteiger partial charge on any atom is 0.319 e. The normalized spacial score (nSPS) is 25.9. The second kappa shape index (κ2) is 12.0. The molecule has 242 valence electrons. The van der Waals surface area contributed by atoms with Crippen LogP contribution in [-0.4, -0.2) is 87.0 Å². The van der Waals surface area contributed by atoms with Crippen molar-refractivity contribution in [2.75, 3.05) is 44.2 Å². The number of H-pyrrole nitrogens is 1. The lowest BCUT2D eigenvalue weighted by Gasteiger charge is -2.34. The number of fused-ring (bicyclic) bond motifs is 10. The Morgan fingerprint density at radius 3 is 2.87 bits per heavy atom. The van der Waals surface area contributed by atoms with E-state index in [0.29, 0.717) is 55.0 Å². The molecule has 9 rings (SSSR count). The molecular weight excluding hydrogens is 590 g/mol. The molecule has 5 aliphatic heterocycles. The number of anilines is 1. The van der Waals surface area contributed by atoms with Crippen LogP contribution in [0, 0.1) is 11.7 Å². The third kappa shape index (κ3) is 5.34. The average Bonchev–Trinajstić information content (AvgIpc) is 3.76. The number of nitrogens with zero attached hydrogens (tertiary/aromatic N) is 6. The van der Waals surface area contributed by atoms with E-state index in [1.165, 1.54) is 0 Å². The van der Waals surface area contributed by atoms with Gasteiger partial charge in [-0.1, -0.05) is 6.07 Å². The summed E-state index contributed by atoms with van der Waals surface area (Å²) in [7, 11) is 0. The van der Waals surface area contributed by atoms with Crippen LogP contribution in [0.4, 0.5) is 14.6 Å². The van der Waals surface area contributed by atoms with E-state index in [4.69, 9.17) is 19.7 Å². The van der Waals surface area contributed by atoms with Gasteiger partial charge in [-0.05, 0) is 75.5 Å². The molecule has 1 aromatic carbocycles. The second-order valence-electron chi connectivity index (χ2n) is 13.6. The third-order valence-electron chi connectivity index (χ3n) is 10.6. The Kier molecular flexibility index (Phi) is 7.70. The van der Waals surface area contributed by atoms with Crippen molar-refractivity contribution in [1.82, 2.24) is 35.4 Å². The van der Waals surface area contributed by atoms with Crippen LogP contribution in [-0.2, 0) is 11.2 Å². The van der Waals surface area contributed by atoms with Gasteiger partial charge in [-0.2, -0.15) is 15.1 Å². The Hall–Kier alpha value is -3.93. The predicted molar refractivity (Wildman–Crippen MR) is 171 cm³/mol. The van der Waals surface area contributed by atoms with Crippen molar-refractivity contribution in [2.24, 2.45) is 5.92 Å². The fraction of sp³-hybridized carbons (Fsp3) is 0.559. The summed E-state index contributed by atoms with van der Waals surface area (Å²) in [6.07, 6.45) is 10.3. The Labute approximate surface area is 266 Å². The molecule has 8 heterocycles. The van der Waals surface area contributed by atoms with Gasteiger partial charge in [-0.25, -0.2) is 8.78 Å². The molecule has 3 fully saturated rings. The number of hydrogen-bond acceptors (Lipinski definition) is 8. The van der Waals surface area contributed by atoms with Gasteiger partial charge in [0.15, 0.2) is 5.82 Å². The first-order chi connectivity index (χ1) is 22.5. The molecule has 46 heavy (non-hydrogen) atoms. The smallest absolute Gasteiger partial charge is 0.319 e. The largest absolute Gasteiger partial charge is 0.461 e. The number of alkyl halides is 1. The average molecular weight is 631 g/mol. The molecule has 1 amide bonds. The first-order valence-electron chi connectivity index (χ1n) is 16.8. The quantitative estimate of drug-likeness (QED) is 0.321. The lowest BCUT2D eigenvalue weighted by atomic mass is 9.94. The van der Waals surface area contributed by atoms with Gasteiger partial charge in [-0.15, -0.1) is 0 Å². The summed E-state index contributed by atoms with van der Waals surface area (Å²) in [6.45, 7) is 3.66. The molecule has 0 radical (unpaired) electrons. The standard InChI is InChI=1S/C34H40F2N8O2/c35-23-15-34(11-4-14-44(34)19-23)20-46-33-40-30-25-16-38-31(29(30)36)28-22(8-9-26-24(28)17-39-42-26)6-1-2-7-27(45)37-12-10-21-5-3-13-43(18-21)32(25)41-33/h8-9,16-17,21,23H,1-7,10-15,18-20H2,(H,37,45)(H,39,42). The molecule has 5 aliphatic rings. The minimum Gasteiger partial charge on any atom is -0.461 e. The van der Waals surface area contributed by atoms with Crippen LogP contribution in [0.5, 0.6) is 6.01 Å². The van der Waals surface area contributed by atoms with Gasteiger partial charge in [0.05, 0.1) is 22.6 Å². The van der Waals surface area contributed by atoms with Crippen LogP contribution >= 0.6 is 0 Å². The Morgan fingerprint density at radius 2 is 1.93 bits per heavy atom. The van der Waals surface area contributed by atoms with E-state index >= 15 is 4.39 Å².